The molecule has 1 aliphatic heterocycles. The molecule has 0 N–H and O–H groups in total. The lowest BCUT2D eigenvalue weighted by Gasteiger charge is -2.12. The second kappa shape index (κ2) is 5.39. The fourth-order valence-electron chi connectivity index (χ4n) is 2.88. The molecule has 0 saturated carbocycles. The van der Waals surface area contributed by atoms with Gasteiger partial charge in [-0.3, -0.25) is 9.59 Å². The molecule has 0 saturated heterocycles. The van der Waals surface area contributed by atoms with Crippen molar-refractivity contribution in [2.24, 2.45) is 0 Å². The smallest absolute Gasteiger partial charge is 0.349 e. The molecule has 1 aromatic carbocycles. The van der Waals surface area contributed by atoms with Crippen LogP contribution in [0.4, 0.5) is 0 Å². The molecule has 2 amide bonds. The van der Waals surface area contributed by atoms with E-state index in [1.54, 1.807) is 25.1 Å². The first kappa shape index (κ1) is 15.0. The first-order chi connectivity index (χ1) is 11.0. The summed E-state index contributed by atoms with van der Waals surface area (Å²) in [7, 11) is 0. The third-order valence-corrected chi connectivity index (χ3v) is 4.04. The SMILES string of the molecule is CCn1c(C)cc(C(=O)ON2C(=O)c3ccccc3C2=O)c1C. The Morgan fingerprint density at radius 1 is 1.09 bits per heavy atom. The molecule has 0 radical (unpaired) electrons. The highest BCUT2D eigenvalue weighted by molar-refractivity contribution is 6.21. The zero-order chi connectivity index (χ0) is 16.7. The second-order valence-corrected chi connectivity index (χ2v) is 5.36. The van der Waals surface area contributed by atoms with Crippen LogP contribution in [0.3, 0.4) is 0 Å². The number of benzene rings is 1. The van der Waals surface area contributed by atoms with E-state index in [1.807, 2.05) is 18.4 Å². The molecule has 0 bridgehead atoms. The van der Waals surface area contributed by atoms with E-state index < -0.39 is 17.8 Å². The number of aromatic nitrogens is 1. The number of hydroxylamine groups is 2. The number of imide groups is 1. The minimum atomic E-state index is -0.715. The first-order valence-corrected chi connectivity index (χ1v) is 7.32. The van der Waals surface area contributed by atoms with Gasteiger partial charge in [0.2, 0.25) is 0 Å². The maximum Gasteiger partial charge on any atom is 0.365 e. The predicted molar refractivity (Wildman–Crippen MR) is 81.9 cm³/mol. The van der Waals surface area contributed by atoms with Gasteiger partial charge in [0.1, 0.15) is 0 Å². The monoisotopic (exact) mass is 312 g/mol. The van der Waals surface area contributed by atoms with Crippen molar-refractivity contribution in [1.82, 2.24) is 9.63 Å². The molecule has 6 heteroatoms. The van der Waals surface area contributed by atoms with E-state index in [0.717, 1.165) is 17.9 Å². The summed E-state index contributed by atoms with van der Waals surface area (Å²) >= 11 is 0. The number of carbonyl (C=O) groups excluding carboxylic acids is 3. The Morgan fingerprint density at radius 2 is 1.65 bits per heavy atom. The van der Waals surface area contributed by atoms with Crippen molar-refractivity contribution in [2.45, 2.75) is 27.3 Å². The topological polar surface area (TPSA) is 68.6 Å². The minimum Gasteiger partial charge on any atom is -0.349 e. The maximum absolute atomic E-state index is 12.4. The van der Waals surface area contributed by atoms with Crippen LogP contribution in [-0.4, -0.2) is 27.4 Å². The standard InChI is InChI=1S/C17H16N2O4/c1-4-18-10(2)9-14(11(18)3)17(22)23-19-15(20)12-7-5-6-8-13(12)16(19)21/h5-9H,4H2,1-3H3. The quantitative estimate of drug-likeness (QED) is 0.817. The van der Waals surface area contributed by atoms with Gasteiger partial charge in [-0.2, -0.15) is 0 Å². The van der Waals surface area contributed by atoms with Crippen LogP contribution in [-0.2, 0) is 11.4 Å². The summed E-state index contributed by atoms with van der Waals surface area (Å²) in [6, 6.07) is 8.08. The van der Waals surface area contributed by atoms with Gasteiger partial charge in [-0.1, -0.05) is 17.2 Å². The number of hydrogen-bond donors (Lipinski definition) is 0. The van der Waals surface area contributed by atoms with E-state index in [2.05, 4.69) is 0 Å². The molecule has 3 rings (SSSR count). The summed E-state index contributed by atoms with van der Waals surface area (Å²) in [4.78, 5) is 41.9. The summed E-state index contributed by atoms with van der Waals surface area (Å²) in [5.74, 6) is -1.96. The Hall–Kier alpha value is -2.89. The van der Waals surface area contributed by atoms with Gasteiger partial charge >= 0.3 is 5.97 Å². The summed E-state index contributed by atoms with van der Waals surface area (Å²) in [5.41, 5.74) is 2.49. The molecular formula is C17H16N2O4. The number of aryl methyl sites for hydroxylation is 1. The van der Waals surface area contributed by atoms with Gasteiger partial charge in [0.25, 0.3) is 11.8 Å². The molecule has 118 valence electrons. The Morgan fingerprint density at radius 3 is 2.13 bits per heavy atom. The van der Waals surface area contributed by atoms with Gasteiger partial charge in [0.05, 0.1) is 16.7 Å². The fraction of sp³-hybridized carbons (Fsp3) is 0.235. The van der Waals surface area contributed by atoms with E-state index in [1.165, 1.54) is 12.1 Å². The van der Waals surface area contributed by atoms with E-state index in [4.69, 9.17) is 4.84 Å². The maximum atomic E-state index is 12.4. The van der Waals surface area contributed by atoms with Crippen LogP contribution in [0.25, 0.3) is 0 Å². The highest BCUT2D eigenvalue weighted by Gasteiger charge is 2.39. The van der Waals surface area contributed by atoms with Gasteiger partial charge in [0, 0.05) is 17.9 Å². The van der Waals surface area contributed by atoms with Crippen LogP contribution >= 0.6 is 0 Å². The van der Waals surface area contributed by atoms with Crippen LogP contribution in [0.5, 0.6) is 0 Å². The highest BCUT2D eigenvalue weighted by Crippen LogP contribution is 2.24. The van der Waals surface area contributed by atoms with E-state index in [0.29, 0.717) is 10.6 Å². The number of fused-ring (bicyclic) bond motifs is 1. The third-order valence-electron chi connectivity index (χ3n) is 4.04. The van der Waals surface area contributed by atoms with Gasteiger partial charge in [-0.25, -0.2) is 4.79 Å². The molecule has 0 spiro atoms. The predicted octanol–water partition coefficient (Wildman–Crippen LogP) is 2.49. The summed E-state index contributed by atoms with van der Waals surface area (Å²) < 4.78 is 1.96. The lowest BCUT2D eigenvalue weighted by Crippen LogP contribution is -2.32. The lowest BCUT2D eigenvalue weighted by atomic mass is 10.1. The summed E-state index contributed by atoms with van der Waals surface area (Å²) in [5, 5.41) is 0.533. The Bertz CT molecular complexity index is 800. The Balaban J connectivity index is 1.88. The fourth-order valence-corrected chi connectivity index (χ4v) is 2.88. The van der Waals surface area contributed by atoms with Crippen molar-refractivity contribution < 1.29 is 19.2 Å². The van der Waals surface area contributed by atoms with Crippen molar-refractivity contribution in [3.05, 3.63) is 58.4 Å². The third kappa shape index (κ3) is 2.23. The zero-order valence-corrected chi connectivity index (χ0v) is 13.1. The van der Waals surface area contributed by atoms with Gasteiger partial charge in [-0.15, -0.1) is 0 Å². The van der Waals surface area contributed by atoms with Crippen LogP contribution in [0, 0.1) is 13.8 Å². The summed E-state index contributed by atoms with van der Waals surface area (Å²) in [6.45, 7) is 6.38. The van der Waals surface area contributed by atoms with Crippen LogP contribution in [0.2, 0.25) is 0 Å². The second-order valence-electron chi connectivity index (χ2n) is 5.36. The summed E-state index contributed by atoms with van der Waals surface area (Å²) in [6.07, 6.45) is 0. The lowest BCUT2D eigenvalue weighted by molar-refractivity contribution is -0.0585. The molecule has 0 aliphatic carbocycles. The molecule has 23 heavy (non-hydrogen) atoms. The minimum absolute atomic E-state index is 0.240. The van der Waals surface area contributed by atoms with E-state index >= 15 is 0 Å². The number of rotatable bonds is 3. The normalized spacial score (nSPS) is 13.4. The molecule has 0 fully saturated rings. The molecule has 2 aromatic rings. The molecule has 1 aliphatic rings. The molecule has 1 aromatic heterocycles. The van der Waals surface area contributed by atoms with Crippen molar-refractivity contribution in [3.8, 4) is 0 Å². The van der Waals surface area contributed by atoms with E-state index in [-0.39, 0.29) is 11.1 Å². The van der Waals surface area contributed by atoms with Crippen molar-refractivity contribution in [3.63, 3.8) is 0 Å². The average Bonchev–Trinajstić information content (AvgIpc) is 2.96. The molecular weight excluding hydrogens is 296 g/mol. The van der Waals surface area contributed by atoms with Gasteiger partial charge < -0.3 is 9.40 Å². The van der Waals surface area contributed by atoms with Gasteiger partial charge in [0.15, 0.2) is 0 Å². The number of amides is 2. The molecule has 0 unspecified atom stereocenters. The zero-order valence-electron chi connectivity index (χ0n) is 13.1. The number of carbonyl (C=O) groups is 3. The van der Waals surface area contributed by atoms with Crippen molar-refractivity contribution in [1.29, 1.82) is 0 Å². The van der Waals surface area contributed by atoms with Crippen LogP contribution in [0.15, 0.2) is 30.3 Å². The van der Waals surface area contributed by atoms with Crippen molar-refractivity contribution in [2.75, 3.05) is 0 Å². The van der Waals surface area contributed by atoms with E-state index in [9.17, 15) is 14.4 Å². The number of hydrogen-bond acceptors (Lipinski definition) is 4. The van der Waals surface area contributed by atoms with Crippen LogP contribution in [0.1, 0.15) is 49.4 Å². The Kier molecular flexibility index (Phi) is 3.52. The highest BCUT2D eigenvalue weighted by atomic mass is 16.7. The average molecular weight is 312 g/mol. The largest absolute Gasteiger partial charge is 0.365 e. The Labute approximate surface area is 133 Å². The molecule has 2 heterocycles. The van der Waals surface area contributed by atoms with Crippen molar-refractivity contribution >= 4 is 17.8 Å². The van der Waals surface area contributed by atoms with Crippen LogP contribution < -0.4 is 0 Å². The number of nitrogens with zero attached hydrogens (tertiary/aromatic N) is 2. The first-order valence-electron chi connectivity index (χ1n) is 7.32. The molecule has 6 nitrogen and oxygen atoms in total. The molecule has 0 atom stereocenters. The van der Waals surface area contributed by atoms with Gasteiger partial charge in [-0.05, 0) is 39.0 Å².